The number of carbonyl (C=O) groups is 1. The number of carbonyl (C=O) groups excluding carboxylic acids is 1. The van der Waals surface area contributed by atoms with Gasteiger partial charge in [-0.25, -0.2) is 14.4 Å². The van der Waals surface area contributed by atoms with Gasteiger partial charge in [-0.1, -0.05) is 13.0 Å². The first-order chi connectivity index (χ1) is 14.1. The molecule has 1 amide bonds. The van der Waals surface area contributed by atoms with Crippen molar-refractivity contribution in [2.45, 2.75) is 58.7 Å². The number of rotatable bonds is 2. The number of aromatic nitrogens is 2. The molecule has 0 N–H and O–H groups in total. The van der Waals surface area contributed by atoms with E-state index < -0.39 is 5.60 Å². The molecule has 1 aromatic carbocycles. The Morgan fingerprint density at radius 1 is 1.33 bits per heavy atom. The molecular weight excluding hydrogens is 382 g/mol. The minimum absolute atomic E-state index is 0.0685. The smallest absolute Gasteiger partial charge is 0.410 e. The summed E-state index contributed by atoms with van der Waals surface area (Å²) in [4.78, 5) is 37.0. The van der Waals surface area contributed by atoms with Crippen LogP contribution in [0.2, 0.25) is 0 Å². The van der Waals surface area contributed by atoms with E-state index in [9.17, 15) is 9.59 Å². The highest BCUT2D eigenvalue weighted by molar-refractivity contribution is 5.92. The first kappa shape index (κ1) is 21.6. The maximum atomic E-state index is 12.7. The Labute approximate surface area is 176 Å². The second-order valence-corrected chi connectivity index (χ2v) is 8.79. The third-order valence-corrected chi connectivity index (χ3v) is 5.41. The third-order valence-electron chi connectivity index (χ3n) is 5.41. The topological polar surface area (TPSA) is 72.0 Å². The van der Waals surface area contributed by atoms with E-state index in [4.69, 9.17) is 11.3 Å². The molecule has 8 nitrogen and oxygen atoms in total. The van der Waals surface area contributed by atoms with E-state index in [0.29, 0.717) is 24.6 Å². The van der Waals surface area contributed by atoms with Gasteiger partial charge in [0.2, 0.25) is 0 Å². The van der Waals surface area contributed by atoms with Crippen LogP contribution >= 0.6 is 0 Å². The number of hydrogen-bond acceptors (Lipinski definition) is 5. The molecule has 0 unspecified atom stereocenters. The summed E-state index contributed by atoms with van der Waals surface area (Å²) in [5.41, 5.74) is 0.321. The zero-order chi connectivity index (χ0) is 22.2. The van der Waals surface area contributed by atoms with Crippen molar-refractivity contribution in [1.29, 1.82) is 0 Å². The molecule has 0 radical (unpaired) electrons. The molecule has 2 aromatic rings. The quantitative estimate of drug-likeness (QED) is 0.705. The molecule has 0 aliphatic carbocycles. The fourth-order valence-corrected chi connectivity index (χ4v) is 3.84. The lowest BCUT2D eigenvalue weighted by Crippen LogP contribution is -2.60. The van der Waals surface area contributed by atoms with Crippen molar-refractivity contribution in [2.24, 2.45) is 7.05 Å². The van der Waals surface area contributed by atoms with E-state index in [0.717, 1.165) is 17.3 Å². The first-order valence-electron chi connectivity index (χ1n) is 10.2. The molecule has 1 aliphatic heterocycles. The molecule has 1 aliphatic rings. The highest BCUT2D eigenvalue weighted by atomic mass is 16.6. The standard InChI is InChI=1S/C22H29N5O3/c1-8-16-13-26(14(2)12-27(16)21(29)30-22(3,4)5)19-17-11-15(23-6)9-10-18(17)25(7)20(28)24-19/h9-11,14,16H,8,12-13H2,1-5,7H3/t14-,16+/m0/s1. The van der Waals surface area contributed by atoms with Gasteiger partial charge in [0.15, 0.2) is 5.69 Å². The third kappa shape index (κ3) is 4.11. The van der Waals surface area contributed by atoms with E-state index in [-0.39, 0.29) is 23.9 Å². The predicted molar refractivity (Wildman–Crippen MR) is 117 cm³/mol. The minimum Gasteiger partial charge on any atom is -0.444 e. The molecule has 2 atom stereocenters. The van der Waals surface area contributed by atoms with Gasteiger partial charge < -0.3 is 14.5 Å². The Kier molecular flexibility index (Phi) is 5.75. The first-order valence-corrected chi connectivity index (χ1v) is 10.2. The zero-order valence-corrected chi connectivity index (χ0v) is 18.5. The van der Waals surface area contributed by atoms with Gasteiger partial charge >= 0.3 is 11.8 Å². The van der Waals surface area contributed by atoms with Crippen molar-refractivity contribution < 1.29 is 9.53 Å². The minimum atomic E-state index is -0.560. The largest absolute Gasteiger partial charge is 0.444 e. The van der Waals surface area contributed by atoms with Gasteiger partial charge in [-0.05, 0) is 46.2 Å². The number of ether oxygens (including phenoxy) is 1. The van der Waals surface area contributed by atoms with E-state index in [2.05, 4.69) is 14.7 Å². The summed E-state index contributed by atoms with van der Waals surface area (Å²) in [6, 6.07) is 5.13. The Morgan fingerprint density at radius 2 is 2.03 bits per heavy atom. The summed E-state index contributed by atoms with van der Waals surface area (Å²) < 4.78 is 7.09. The Morgan fingerprint density at radius 3 is 2.63 bits per heavy atom. The average molecular weight is 412 g/mol. The second kappa shape index (κ2) is 7.98. The molecule has 0 bridgehead atoms. The number of benzene rings is 1. The van der Waals surface area contributed by atoms with E-state index in [1.54, 1.807) is 30.1 Å². The van der Waals surface area contributed by atoms with Crippen molar-refractivity contribution in [3.8, 4) is 0 Å². The van der Waals surface area contributed by atoms with Crippen molar-refractivity contribution in [3.63, 3.8) is 0 Å². The SMILES string of the molecule is [C-]#[N+]c1ccc2c(c1)c(N1C[C@@H](CC)N(C(=O)OC(C)(C)C)C[C@@H]1C)nc(=O)n2C. The monoisotopic (exact) mass is 411 g/mol. The lowest BCUT2D eigenvalue weighted by Gasteiger charge is -2.45. The van der Waals surface area contributed by atoms with Crippen molar-refractivity contribution in [2.75, 3.05) is 18.0 Å². The second-order valence-electron chi connectivity index (χ2n) is 8.79. The number of aryl methyl sites for hydroxylation is 1. The van der Waals surface area contributed by atoms with Gasteiger partial charge in [-0.3, -0.25) is 4.57 Å². The number of piperazine rings is 1. The average Bonchev–Trinajstić information content (AvgIpc) is 2.69. The molecule has 1 fully saturated rings. The number of hydrogen-bond donors (Lipinski definition) is 0. The Hall–Kier alpha value is -3.08. The summed E-state index contributed by atoms with van der Waals surface area (Å²) in [5.74, 6) is 0.563. The summed E-state index contributed by atoms with van der Waals surface area (Å²) in [6.07, 6.45) is 0.427. The lowest BCUT2D eigenvalue weighted by molar-refractivity contribution is 0.0106. The molecule has 0 spiro atoms. The number of anilines is 1. The van der Waals surface area contributed by atoms with Crippen LogP contribution in [-0.2, 0) is 11.8 Å². The highest BCUT2D eigenvalue weighted by Crippen LogP contribution is 2.31. The van der Waals surface area contributed by atoms with Crippen LogP contribution in [0.3, 0.4) is 0 Å². The summed E-state index contributed by atoms with van der Waals surface area (Å²) >= 11 is 0. The van der Waals surface area contributed by atoms with Crippen molar-refractivity contribution in [3.05, 3.63) is 40.1 Å². The number of fused-ring (bicyclic) bond motifs is 1. The van der Waals surface area contributed by atoms with Crippen LogP contribution in [0.25, 0.3) is 15.7 Å². The van der Waals surface area contributed by atoms with Crippen molar-refractivity contribution >= 4 is 28.5 Å². The molecule has 1 aromatic heterocycles. The summed E-state index contributed by atoms with van der Waals surface area (Å²) in [7, 11) is 1.68. The van der Waals surface area contributed by atoms with E-state index in [1.165, 1.54) is 4.57 Å². The molecular formula is C22H29N5O3. The molecule has 1 saturated heterocycles. The van der Waals surface area contributed by atoms with Crippen molar-refractivity contribution in [1.82, 2.24) is 14.5 Å². The van der Waals surface area contributed by atoms with Crippen LogP contribution in [0, 0.1) is 6.57 Å². The molecule has 160 valence electrons. The fourth-order valence-electron chi connectivity index (χ4n) is 3.84. The highest BCUT2D eigenvalue weighted by Gasteiger charge is 2.37. The van der Waals surface area contributed by atoms with Gasteiger partial charge in [0.25, 0.3) is 0 Å². The molecule has 3 rings (SSSR count). The predicted octanol–water partition coefficient (Wildman–Crippen LogP) is 3.71. The number of amides is 1. The fraction of sp³-hybridized carbons (Fsp3) is 0.545. The van der Waals surface area contributed by atoms with Crippen LogP contribution in [-0.4, -0.2) is 51.3 Å². The Bertz CT molecular complexity index is 1060. The molecule has 8 heteroatoms. The molecule has 0 saturated carbocycles. The van der Waals surface area contributed by atoms with Gasteiger partial charge in [-0.15, -0.1) is 0 Å². The van der Waals surface area contributed by atoms with Crippen LogP contribution in [0.4, 0.5) is 16.3 Å². The molecule has 2 heterocycles. The van der Waals surface area contributed by atoms with Crippen LogP contribution in [0.15, 0.2) is 23.0 Å². The zero-order valence-electron chi connectivity index (χ0n) is 18.5. The van der Waals surface area contributed by atoms with Gasteiger partial charge in [0.1, 0.15) is 11.4 Å². The van der Waals surface area contributed by atoms with Crippen LogP contribution in [0.5, 0.6) is 0 Å². The molecule has 30 heavy (non-hydrogen) atoms. The van der Waals surface area contributed by atoms with E-state index in [1.807, 2.05) is 34.6 Å². The Balaban J connectivity index is 2.02. The normalized spacial score (nSPS) is 19.6. The lowest BCUT2D eigenvalue weighted by atomic mass is 10.0. The van der Waals surface area contributed by atoms with Crippen LogP contribution in [0.1, 0.15) is 41.0 Å². The van der Waals surface area contributed by atoms with E-state index >= 15 is 0 Å². The van der Waals surface area contributed by atoms with Crippen LogP contribution < -0.4 is 10.6 Å². The summed E-state index contributed by atoms with van der Waals surface area (Å²) in [6.45, 7) is 18.0. The van der Waals surface area contributed by atoms with Gasteiger partial charge in [0, 0.05) is 31.6 Å². The number of nitrogens with zero attached hydrogens (tertiary/aromatic N) is 5. The summed E-state index contributed by atoms with van der Waals surface area (Å²) in [5, 5.41) is 0.762. The maximum absolute atomic E-state index is 12.7. The maximum Gasteiger partial charge on any atom is 0.410 e. The van der Waals surface area contributed by atoms with Gasteiger partial charge in [0.05, 0.1) is 18.1 Å². The van der Waals surface area contributed by atoms with Gasteiger partial charge in [-0.2, -0.15) is 4.98 Å².